The Bertz CT molecular complexity index is 647. The first-order valence-electron chi connectivity index (χ1n) is 8.80. The topological polar surface area (TPSA) is 79.0 Å². The molecule has 1 aromatic rings. The summed E-state index contributed by atoms with van der Waals surface area (Å²) >= 11 is 0. The monoisotopic (exact) mass is 361 g/mol. The van der Waals surface area contributed by atoms with Gasteiger partial charge in [-0.2, -0.15) is 0 Å². The summed E-state index contributed by atoms with van der Waals surface area (Å²) in [7, 11) is 3.21. The summed E-state index contributed by atoms with van der Waals surface area (Å²) in [4.78, 5) is 40.1. The van der Waals surface area contributed by atoms with Gasteiger partial charge in [-0.3, -0.25) is 14.4 Å². The number of morpholine rings is 1. The highest BCUT2D eigenvalue weighted by Crippen LogP contribution is 2.32. The van der Waals surface area contributed by atoms with Crippen LogP contribution in [-0.4, -0.2) is 66.9 Å². The molecule has 0 radical (unpaired) electrons. The van der Waals surface area contributed by atoms with Crippen molar-refractivity contribution in [3.63, 3.8) is 0 Å². The Kier molecular flexibility index (Phi) is 6.74. The second kappa shape index (κ2) is 8.80. The van der Waals surface area contributed by atoms with E-state index in [-0.39, 0.29) is 43.3 Å². The summed E-state index contributed by atoms with van der Waals surface area (Å²) in [6.45, 7) is 4.02. The first kappa shape index (κ1) is 19.9. The maximum atomic E-state index is 13.0. The van der Waals surface area contributed by atoms with Crippen LogP contribution in [-0.2, 0) is 19.1 Å². The largest absolute Gasteiger partial charge is 0.359 e. The van der Waals surface area contributed by atoms with Gasteiger partial charge in [0.15, 0.2) is 6.10 Å². The Balaban J connectivity index is 2.27. The minimum absolute atomic E-state index is 0.0666. The summed E-state index contributed by atoms with van der Waals surface area (Å²) in [6.07, 6.45) is -0.582. The molecule has 0 bridgehead atoms. The van der Waals surface area contributed by atoms with Crippen molar-refractivity contribution in [2.45, 2.75) is 38.5 Å². The summed E-state index contributed by atoms with van der Waals surface area (Å²) < 4.78 is 5.67. The van der Waals surface area contributed by atoms with Crippen molar-refractivity contribution in [2.24, 2.45) is 0 Å². The second-order valence-corrected chi connectivity index (χ2v) is 6.66. The molecule has 1 aromatic carbocycles. The van der Waals surface area contributed by atoms with Crippen molar-refractivity contribution in [2.75, 3.05) is 27.2 Å². The molecule has 1 heterocycles. The van der Waals surface area contributed by atoms with Gasteiger partial charge in [-0.05, 0) is 19.4 Å². The van der Waals surface area contributed by atoms with Crippen LogP contribution in [0, 0.1) is 0 Å². The lowest BCUT2D eigenvalue weighted by Crippen LogP contribution is -2.56. The second-order valence-electron chi connectivity index (χ2n) is 6.66. The van der Waals surface area contributed by atoms with Gasteiger partial charge < -0.3 is 19.9 Å². The molecule has 0 spiro atoms. The maximum Gasteiger partial charge on any atom is 0.254 e. The molecule has 1 aliphatic heterocycles. The van der Waals surface area contributed by atoms with Gasteiger partial charge in [0.25, 0.3) is 5.91 Å². The van der Waals surface area contributed by atoms with Gasteiger partial charge in [0, 0.05) is 33.1 Å². The molecular weight excluding hydrogens is 334 g/mol. The summed E-state index contributed by atoms with van der Waals surface area (Å²) in [5.41, 5.74) is 0.854. The van der Waals surface area contributed by atoms with E-state index < -0.39 is 12.1 Å². The quantitative estimate of drug-likeness (QED) is 0.818. The summed E-state index contributed by atoms with van der Waals surface area (Å²) in [5.74, 6) is -0.500. The lowest BCUT2D eigenvalue weighted by molar-refractivity contribution is -0.171. The van der Waals surface area contributed by atoms with Crippen molar-refractivity contribution in [3.8, 4) is 0 Å². The lowest BCUT2D eigenvalue weighted by atomic mass is 9.95. The van der Waals surface area contributed by atoms with Crippen LogP contribution >= 0.6 is 0 Å². The molecule has 0 aromatic heterocycles. The fourth-order valence-electron chi connectivity index (χ4n) is 3.15. The number of ether oxygens (including phenoxy) is 1. The Morgan fingerprint density at radius 3 is 2.54 bits per heavy atom. The molecule has 3 amide bonds. The molecule has 142 valence electrons. The molecule has 2 unspecified atom stereocenters. The summed E-state index contributed by atoms with van der Waals surface area (Å²) in [6, 6.07) is 8.88. The maximum absolute atomic E-state index is 13.0. The van der Waals surface area contributed by atoms with Crippen molar-refractivity contribution in [1.82, 2.24) is 15.1 Å². The van der Waals surface area contributed by atoms with E-state index in [9.17, 15) is 14.4 Å². The average Bonchev–Trinajstić information content (AvgIpc) is 2.65. The van der Waals surface area contributed by atoms with Crippen molar-refractivity contribution < 1.29 is 19.1 Å². The molecule has 7 nitrogen and oxygen atoms in total. The van der Waals surface area contributed by atoms with Gasteiger partial charge in [0.1, 0.15) is 6.61 Å². The van der Waals surface area contributed by atoms with E-state index in [1.54, 1.807) is 19.0 Å². The average molecular weight is 361 g/mol. The molecule has 7 heteroatoms. The van der Waals surface area contributed by atoms with Crippen LogP contribution in [0.3, 0.4) is 0 Å². The third kappa shape index (κ3) is 4.40. The van der Waals surface area contributed by atoms with Crippen molar-refractivity contribution in [1.29, 1.82) is 0 Å². The number of benzene rings is 1. The highest BCUT2D eigenvalue weighted by Gasteiger charge is 2.43. The third-order valence-corrected chi connectivity index (χ3v) is 4.53. The van der Waals surface area contributed by atoms with Crippen LogP contribution < -0.4 is 5.32 Å². The molecule has 2 rings (SSSR count). The molecule has 1 N–H and O–H groups in total. The number of nitrogens with one attached hydrogen (secondary N) is 1. The van der Waals surface area contributed by atoms with Gasteiger partial charge in [0.05, 0.1) is 6.04 Å². The van der Waals surface area contributed by atoms with E-state index in [2.05, 4.69) is 5.32 Å². The molecule has 1 fully saturated rings. The Morgan fingerprint density at radius 2 is 1.96 bits per heavy atom. The van der Waals surface area contributed by atoms with Crippen LogP contribution in [0.2, 0.25) is 0 Å². The Labute approximate surface area is 154 Å². The standard InChI is InChI=1S/C19H27N3O4/c1-13(2)22-16(24)12-26-18(17(22)14-8-6-5-7-9-14)19(25)21(4)11-10-15(23)20-3/h5-9,13,17-18H,10-12H2,1-4H3,(H,20,23). The highest BCUT2D eigenvalue weighted by molar-refractivity contribution is 5.87. The smallest absolute Gasteiger partial charge is 0.254 e. The third-order valence-electron chi connectivity index (χ3n) is 4.53. The van der Waals surface area contributed by atoms with Crippen LogP contribution in [0.15, 0.2) is 30.3 Å². The zero-order valence-electron chi connectivity index (χ0n) is 15.8. The molecular formula is C19H27N3O4. The predicted molar refractivity (Wildman–Crippen MR) is 97.2 cm³/mol. The molecule has 1 saturated heterocycles. The number of hydrogen-bond donors (Lipinski definition) is 1. The van der Waals surface area contributed by atoms with Gasteiger partial charge >= 0.3 is 0 Å². The van der Waals surface area contributed by atoms with Gasteiger partial charge in [-0.15, -0.1) is 0 Å². The van der Waals surface area contributed by atoms with E-state index in [1.807, 2.05) is 44.2 Å². The Hall–Kier alpha value is -2.41. The fourth-order valence-corrected chi connectivity index (χ4v) is 3.15. The zero-order chi connectivity index (χ0) is 19.3. The number of carbonyl (C=O) groups excluding carboxylic acids is 3. The number of likely N-dealkylation sites (N-methyl/N-ethyl adjacent to an activating group) is 1. The normalized spacial score (nSPS) is 20.2. The number of amides is 3. The number of nitrogens with zero attached hydrogens (tertiary/aromatic N) is 2. The van der Waals surface area contributed by atoms with Crippen LogP contribution in [0.1, 0.15) is 31.9 Å². The van der Waals surface area contributed by atoms with E-state index in [1.165, 1.54) is 4.90 Å². The first-order valence-corrected chi connectivity index (χ1v) is 8.80. The van der Waals surface area contributed by atoms with Gasteiger partial charge in [0.2, 0.25) is 11.8 Å². The van der Waals surface area contributed by atoms with E-state index >= 15 is 0 Å². The number of rotatable bonds is 6. The first-order chi connectivity index (χ1) is 12.4. The highest BCUT2D eigenvalue weighted by atomic mass is 16.5. The van der Waals surface area contributed by atoms with Gasteiger partial charge in [-0.1, -0.05) is 30.3 Å². The molecule has 0 aliphatic carbocycles. The van der Waals surface area contributed by atoms with E-state index in [4.69, 9.17) is 4.74 Å². The van der Waals surface area contributed by atoms with Gasteiger partial charge in [-0.25, -0.2) is 0 Å². The molecule has 0 saturated carbocycles. The number of hydrogen-bond acceptors (Lipinski definition) is 4. The predicted octanol–water partition coefficient (Wildman–Crippen LogP) is 0.958. The fraction of sp³-hybridized carbons (Fsp3) is 0.526. The van der Waals surface area contributed by atoms with Crippen LogP contribution in [0.4, 0.5) is 0 Å². The molecule has 1 aliphatic rings. The number of carbonyl (C=O) groups is 3. The van der Waals surface area contributed by atoms with Crippen molar-refractivity contribution >= 4 is 17.7 Å². The minimum Gasteiger partial charge on any atom is -0.359 e. The van der Waals surface area contributed by atoms with Crippen LogP contribution in [0.5, 0.6) is 0 Å². The summed E-state index contributed by atoms with van der Waals surface area (Å²) in [5, 5.41) is 2.54. The zero-order valence-corrected chi connectivity index (χ0v) is 15.8. The van der Waals surface area contributed by atoms with Crippen LogP contribution in [0.25, 0.3) is 0 Å². The van der Waals surface area contributed by atoms with Crippen molar-refractivity contribution in [3.05, 3.63) is 35.9 Å². The minimum atomic E-state index is -0.799. The Morgan fingerprint density at radius 1 is 1.31 bits per heavy atom. The molecule has 2 atom stereocenters. The van der Waals surface area contributed by atoms with E-state index in [0.717, 1.165) is 5.56 Å². The van der Waals surface area contributed by atoms with E-state index in [0.29, 0.717) is 0 Å². The SMILES string of the molecule is CNC(=O)CCN(C)C(=O)C1OCC(=O)N(C(C)C)C1c1ccccc1. The lowest BCUT2D eigenvalue weighted by Gasteiger charge is -2.43. The molecule has 26 heavy (non-hydrogen) atoms.